The molecule has 0 heterocycles. The quantitative estimate of drug-likeness (QED) is 0.315. The highest BCUT2D eigenvalue weighted by Crippen LogP contribution is 2.72. The van der Waals surface area contributed by atoms with Crippen LogP contribution in [0.4, 0.5) is 0 Å². The molecule has 8 atom stereocenters. The first-order valence-electron chi connectivity index (χ1n) is 13.7. The fraction of sp³-hybridized carbons (Fsp3) is 0.833. The molecule has 0 aromatic rings. The van der Waals surface area contributed by atoms with Crippen molar-refractivity contribution >= 4 is 5.97 Å². The summed E-state index contributed by atoms with van der Waals surface area (Å²) in [5, 5.41) is 31.0. The van der Waals surface area contributed by atoms with E-state index in [1.165, 1.54) is 19.3 Å². The Balaban J connectivity index is 1.63. The Labute approximate surface area is 206 Å². The van der Waals surface area contributed by atoms with E-state index in [9.17, 15) is 15.0 Å². The van der Waals surface area contributed by atoms with Gasteiger partial charge in [0.05, 0.1) is 12.2 Å². The maximum absolute atomic E-state index is 11.2. The third-order valence-electron chi connectivity index (χ3n) is 12.0. The molecule has 2 saturated carbocycles. The van der Waals surface area contributed by atoms with Gasteiger partial charge in [0.2, 0.25) is 0 Å². The number of allylic oxidation sites excluding steroid dienone is 2. The summed E-state index contributed by atoms with van der Waals surface area (Å²) >= 11 is 0. The number of rotatable bonds is 5. The zero-order chi connectivity index (χ0) is 25.3. The second kappa shape index (κ2) is 8.47. The van der Waals surface area contributed by atoms with Crippen molar-refractivity contribution in [2.75, 3.05) is 0 Å². The third-order valence-corrected chi connectivity index (χ3v) is 12.0. The lowest BCUT2D eigenvalue weighted by molar-refractivity contribution is -0.132. The van der Waals surface area contributed by atoms with Crippen molar-refractivity contribution in [3.8, 4) is 0 Å². The van der Waals surface area contributed by atoms with Crippen LogP contribution in [0.5, 0.6) is 0 Å². The molecule has 0 aliphatic heterocycles. The zero-order valence-corrected chi connectivity index (χ0v) is 22.6. The molecule has 4 aliphatic carbocycles. The molecule has 4 rings (SSSR count). The molecule has 0 aromatic heterocycles. The SMILES string of the molecule is CC(=CC[C@H](O)[C@@H](C)[C@H]1CC[C@@]2(C)C3=C(CC[C@]12C)[C@@]1(C)CC[C@@H](O)C(C)(C)[C@@H]1CC3)C(=O)O. The van der Waals surface area contributed by atoms with Gasteiger partial charge >= 0.3 is 5.97 Å². The third kappa shape index (κ3) is 3.57. The van der Waals surface area contributed by atoms with Crippen LogP contribution in [0.2, 0.25) is 0 Å². The Morgan fingerprint density at radius 1 is 1.03 bits per heavy atom. The summed E-state index contributed by atoms with van der Waals surface area (Å²) in [6.45, 7) is 15.9. The molecule has 4 heteroatoms. The van der Waals surface area contributed by atoms with Gasteiger partial charge in [0.1, 0.15) is 0 Å². The van der Waals surface area contributed by atoms with Crippen molar-refractivity contribution in [3.63, 3.8) is 0 Å². The number of fused-ring (bicyclic) bond motifs is 4. The second-order valence-electron chi connectivity index (χ2n) is 13.6. The van der Waals surface area contributed by atoms with Gasteiger partial charge in [-0.25, -0.2) is 4.79 Å². The van der Waals surface area contributed by atoms with Gasteiger partial charge in [-0.3, -0.25) is 0 Å². The first-order valence-corrected chi connectivity index (χ1v) is 13.7. The average Bonchev–Trinajstić information content (AvgIpc) is 3.05. The van der Waals surface area contributed by atoms with E-state index in [0.29, 0.717) is 23.8 Å². The fourth-order valence-corrected chi connectivity index (χ4v) is 9.43. The van der Waals surface area contributed by atoms with Crippen LogP contribution in [0.25, 0.3) is 0 Å². The van der Waals surface area contributed by atoms with E-state index in [-0.39, 0.29) is 33.7 Å². The Hall–Kier alpha value is -1.13. The van der Waals surface area contributed by atoms with Gasteiger partial charge in [-0.1, -0.05) is 58.8 Å². The topological polar surface area (TPSA) is 77.8 Å². The molecule has 0 saturated heterocycles. The van der Waals surface area contributed by atoms with Gasteiger partial charge in [-0.05, 0) is 104 Å². The Bertz CT molecular complexity index is 899. The van der Waals surface area contributed by atoms with Gasteiger partial charge in [0.25, 0.3) is 0 Å². The molecular weight excluding hydrogens is 424 g/mol. The van der Waals surface area contributed by atoms with Crippen molar-refractivity contribution in [1.29, 1.82) is 0 Å². The molecule has 0 spiro atoms. The van der Waals surface area contributed by atoms with Crippen LogP contribution in [-0.2, 0) is 4.79 Å². The highest BCUT2D eigenvalue weighted by molar-refractivity contribution is 5.85. The predicted molar refractivity (Wildman–Crippen MR) is 136 cm³/mol. The average molecular weight is 473 g/mol. The van der Waals surface area contributed by atoms with E-state index < -0.39 is 12.1 Å². The number of hydrogen-bond acceptors (Lipinski definition) is 3. The van der Waals surface area contributed by atoms with E-state index >= 15 is 0 Å². The van der Waals surface area contributed by atoms with Gasteiger partial charge in [0.15, 0.2) is 0 Å². The van der Waals surface area contributed by atoms with Gasteiger partial charge < -0.3 is 15.3 Å². The maximum atomic E-state index is 11.2. The summed E-state index contributed by atoms with van der Waals surface area (Å²) in [4.78, 5) is 11.2. The van der Waals surface area contributed by atoms with E-state index in [1.54, 1.807) is 24.1 Å². The van der Waals surface area contributed by atoms with Crippen LogP contribution < -0.4 is 0 Å². The number of aliphatic hydroxyl groups excluding tert-OH is 2. The number of carboxylic acids is 1. The second-order valence-corrected chi connectivity index (χ2v) is 13.6. The fourth-order valence-electron chi connectivity index (χ4n) is 9.43. The molecule has 0 aromatic carbocycles. The normalized spacial score (nSPS) is 43.6. The Morgan fingerprint density at radius 3 is 2.35 bits per heavy atom. The van der Waals surface area contributed by atoms with Crippen LogP contribution >= 0.6 is 0 Å². The van der Waals surface area contributed by atoms with Gasteiger partial charge in [-0.15, -0.1) is 0 Å². The lowest BCUT2D eigenvalue weighted by Crippen LogP contribution is -2.55. The minimum absolute atomic E-state index is 0.0361. The van der Waals surface area contributed by atoms with E-state index in [4.69, 9.17) is 5.11 Å². The predicted octanol–water partition coefficient (Wildman–Crippen LogP) is 6.51. The van der Waals surface area contributed by atoms with Crippen LogP contribution in [0.1, 0.15) is 106 Å². The molecule has 0 amide bonds. The van der Waals surface area contributed by atoms with E-state index in [0.717, 1.165) is 32.1 Å². The summed E-state index contributed by atoms with van der Waals surface area (Å²) in [7, 11) is 0. The molecule has 4 nitrogen and oxygen atoms in total. The number of carboxylic acid groups (broad SMARTS) is 1. The number of carbonyl (C=O) groups is 1. The summed E-state index contributed by atoms with van der Waals surface area (Å²) in [5.41, 5.74) is 4.24. The standard InChI is InChI=1S/C30H48O4/c1-18(26(33)34)8-10-23(31)19(2)20-12-16-30(7)22-9-11-24-27(3,4)25(32)14-15-28(24,5)21(22)13-17-29(20,30)6/h8,19-20,23-25,31-32H,9-17H2,1-7H3,(H,33,34)/t19-,20+,23-,24-,25+,28+,29+,30-/m0/s1. The lowest BCUT2D eigenvalue weighted by Gasteiger charge is -2.62. The van der Waals surface area contributed by atoms with Crippen molar-refractivity contribution < 1.29 is 20.1 Å². The van der Waals surface area contributed by atoms with Crippen molar-refractivity contribution in [2.24, 2.45) is 39.4 Å². The van der Waals surface area contributed by atoms with Gasteiger partial charge in [0, 0.05) is 5.57 Å². The maximum Gasteiger partial charge on any atom is 0.330 e. The van der Waals surface area contributed by atoms with Crippen LogP contribution in [0, 0.1) is 39.4 Å². The zero-order valence-electron chi connectivity index (χ0n) is 22.6. The largest absolute Gasteiger partial charge is 0.478 e. The molecule has 2 fully saturated rings. The molecule has 0 radical (unpaired) electrons. The van der Waals surface area contributed by atoms with E-state index in [2.05, 4.69) is 41.5 Å². The monoisotopic (exact) mass is 472 g/mol. The first-order chi connectivity index (χ1) is 15.7. The Kier molecular flexibility index (Phi) is 6.47. The highest BCUT2D eigenvalue weighted by atomic mass is 16.4. The van der Waals surface area contributed by atoms with Crippen LogP contribution in [-0.4, -0.2) is 33.5 Å². The van der Waals surface area contributed by atoms with Crippen molar-refractivity contribution in [2.45, 2.75) is 118 Å². The molecule has 0 unspecified atom stereocenters. The number of aliphatic hydroxyl groups is 2. The lowest BCUT2D eigenvalue weighted by atomic mass is 9.43. The van der Waals surface area contributed by atoms with E-state index in [1.807, 2.05) is 0 Å². The minimum atomic E-state index is -0.908. The molecule has 4 aliphatic rings. The van der Waals surface area contributed by atoms with Crippen molar-refractivity contribution in [3.05, 3.63) is 22.8 Å². The number of aliphatic carboxylic acids is 1. The summed E-state index contributed by atoms with van der Waals surface area (Å²) in [6, 6.07) is 0. The van der Waals surface area contributed by atoms with Crippen LogP contribution in [0.3, 0.4) is 0 Å². The highest BCUT2D eigenvalue weighted by Gasteiger charge is 2.63. The molecule has 0 bridgehead atoms. The van der Waals surface area contributed by atoms with Crippen LogP contribution in [0.15, 0.2) is 22.8 Å². The first kappa shape index (κ1) is 25.9. The smallest absolute Gasteiger partial charge is 0.330 e. The van der Waals surface area contributed by atoms with Crippen molar-refractivity contribution in [1.82, 2.24) is 0 Å². The summed E-state index contributed by atoms with van der Waals surface area (Å²) < 4.78 is 0. The molecule has 34 heavy (non-hydrogen) atoms. The molecule has 192 valence electrons. The Morgan fingerprint density at radius 2 is 1.71 bits per heavy atom. The molecule has 3 N–H and O–H groups in total. The summed E-state index contributed by atoms with van der Waals surface area (Å²) in [6.07, 6.45) is 10.3. The van der Waals surface area contributed by atoms with Gasteiger partial charge in [-0.2, -0.15) is 0 Å². The molecular formula is C30H48O4. The summed E-state index contributed by atoms with van der Waals surface area (Å²) in [5.74, 6) is 0.213. The minimum Gasteiger partial charge on any atom is -0.478 e. The number of hydrogen-bond donors (Lipinski definition) is 3.